The lowest BCUT2D eigenvalue weighted by atomic mass is 10.1. The Morgan fingerprint density at radius 2 is 1.62 bits per heavy atom. The van der Waals surface area contributed by atoms with Gasteiger partial charge in [-0.25, -0.2) is 5.43 Å². The van der Waals surface area contributed by atoms with E-state index in [0.717, 1.165) is 17.1 Å². The first-order valence-electron chi connectivity index (χ1n) is 13.6. The first-order chi connectivity index (χ1) is 21.7. The van der Waals surface area contributed by atoms with Gasteiger partial charge < -0.3 is 18.5 Å². The number of nitrogens with zero attached hydrogens (tertiary/aromatic N) is 4. The molecule has 2 aromatic heterocycles. The Morgan fingerprint density at radius 3 is 2.33 bits per heavy atom. The Hall–Kier alpha value is -6.24. The molecule has 0 unspecified atom stereocenters. The van der Waals surface area contributed by atoms with Crippen LogP contribution in [0.3, 0.4) is 0 Å². The number of nitro benzene ring substituents is 2. The number of hydrazone groups is 1. The molecule has 13 heteroatoms. The molecule has 0 aliphatic heterocycles. The highest BCUT2D eigenvalue weighted by atomic mass is 16.6. The van der Waals surface area contributed by atoms with Gasteiger partial charge in [-0.2, -0.15) is 5.10 Å². The van der Waals surface area contributed by atoms with Crippen molar-refractivity contribution >= 4 is 23.5 Å². The highest BCUT2D eigenvalue weighted by Gasteiger charge is 2.19. The third kappa shape index (κ3) is 7.22. The second kappa shape index (κ2) is 13.4. The van der Waals surface area contributed by atoms with E-state index in [-0.39, 0.29) is 41.7 Å². The lowest BCUT2D eigenvalue weighted by molar-refractivity contribution is -0.386. The third-order valence-corrected chi connectivity index (χ3v) is 6.73. The predicted molar refractivity (Wildman–Crippen MR) is 164 cm³/mol. The first kappa shape index (κ1) is 30.2. The minimum absolute atomic E-state index is 0.0131. The van der Waals surface area contributed by atoms with Gasteiger partial charge in [-0.15, -0.1) is 0 Å². The van der Waals surface area contributed by atoms with E-state index < -0.39 is 15.8 Å². The van der Waals surface area contributed by atoms with Gasteiger partial charge >= 0.3 is 11.6 Å². The number of aryl methyl sites for hydroxylation is 2. The van der Waals surface area contributed by atoms with Crippen LogP contribution in [0.1, 0.15) is 38.8 Å². The Morgan fingerprint density at radius 1 is 0.889 bits per heavy atom. The van der Waals surface area contributed by atoms with Crippen LogP contribution in [0.5, 0.6) is 11.5 Å². The quantitative estimate of drug-likeness (QED) is 0.0961. The summed E-state index contributed by atoms with van der Waals surface area (Å²) in [7, 11) is 0. The molecule has 0 atom stereocenters. The largest absolute Gasteiger partial charge is 0.486 e. The van der Waals surface area contributed by atoms with E-state index in [1.54, 1.807) is 12.1 Å². The van der Waals surface area contributed by atoms with Crippen LogP contribution in [0.15, 0.2) is 101 Å². The summed E-state index contributed by atoms with van der Waals surface area (Å²) in [6.45, 7) is 4.00. The van der Waals surface area contributed by atoms with E-state index in [4.69, 9.17) is 13.9 Å². The molecule has 0 aliphatic rings. The van der Waals surface area contributed by atoms with Gasteiger partial charge in [0.25, 0.3) is 5.69 Å². The van der Waals surface area contributed by atoms with E-state index in [1.165, 1.54) is 48.7 Å². The number of hydrogen-bond donors (Lipinski definition) is 1. The van der Waals surface area contributed by atoms with E-state index in [0.29, 0.717) is 17.1 Å². The molecule has 5 aromatic rings. The van der Waals surface area contributed by atoms with Gasteiger partial charge in [0.2, 0.25) is 5.75 Å². The molecule has 1 N–H and O–H groups in total. The fourth-order valence-electron chi connectivity index (χ4n) is 4.57. The van der Waals surface area contributed by atoms with Gasteiger partial charge in [0.05, 0.1) is 16.1 Å². The zero-order valence-electron chi connectivity index (χ0n) is 24.2. The normalized spacial score (nSPS) is 11.0. The summed E-state index contributed by atoms with van der Waals surface area (Å²) >= 11 is 0. The number of benzene rings is 3. The molecule has 0 fully saturated rings. The van der Waals surface area contributed by atoms with Crippen LogP contribution in [0, 0.1) is 34.1 Å². The Bertz CT molecular complexity index is 1870. The molecule has 0 saturated heterocycles. The van der Waals surface area contributed by atoms with Crippen LogP contribution >= 0.6 is 0 Å². The molecular formula is C32H27N5O8. The van der Waals surface area contributed by atoms with Crippen molar-refractivity contribution in [3.8, 4) is 17.2 Å². The van der Waals surface area contributed by atoms with Crippen LogP contribution < -0.4 is 14.9 Å². The lowest BCUT2D eigenvalue weighted by Gasteiger charge is -2.10. The summed E-state index contributed by atoms with van der Waals surface area (Å²) in [6.07, 6.45) is 1.20. The van der Waals surface area contributed by atoms with Gasteiger partial charge in [0.15, 0.2) is 5.76 Å². The van der Waals surface area contributed by atoms with Crippen molar-refractivity contribution in [1.82, 2.24) is 9.99 Å². The maximum absolute atomic E-state index is 12.6. The summed E-state index contributed by atoms with van der Waals surface area (Å²) < 4.78 is 19.2. The number of amides is 1. The number of non-ortho nitro benzene ring substituents is 1. The molecule has 2 heterocycles. The molecule has 0 spiro atoms. The number of aromatic nitrogens is 1. The fourth-order valence-corrected chi connectivity index (χ4v) is 4.57. The zero-order valence-corrected chi connectivity index (χ0v) is 24.2. The molecule has 45 heavy (non-hydrogen) atoms. The lowest BCUT2D eigenvalue weighted by Crippen LogP contribution is -2.17. The minimum atomic E-state index is -0.649. The fraction of sp³-hybridized carbons (Fsp3) is 0.125. The SMILES string of the molecule is Cc1ccc(C)n1-c1ccc(OCc2ccc(C(=O)N/N=C/c3cccc([N+](=O)[O-])c3OCc3cccc([N+](=O)[O-])c3)o2)cc1. The number of nitro groups is 2. The highest BCUT2D eigenvalue weighted by Crippen LogP contribution is 2.31. The molecule has 5 rings (SSSR count). The van der Waals surface area contributed by atoms with Crippen molar-refractivity contribution in [3.05, 3.63) is 145 Å². The Labute approximate surface area is 256 Å². The highest BCUT2D eigenvalue weighted by molar-refractivity contribution is 5.93. The van der Waals surface area contributed by atoms with Gasteiger partial charge in [-0.3, -0.25) is 25.0 Å². The Balaban J connectivity index is 1.20. The average molecular weight is 610 g/mol. The number of nitrogens with one attached hydrogen (secondary N) is 1. The number of para-hydroxylation sites is 1. The molecule has 1 amide bonds. The van der Waals surface area contributed by atoms with Crippen molar-refractivity contribution in [1.29, 1.82) is 0 Å². The summed E-state index contributed by atoms with van der Waals surface area (Å²) in [6, 6.07) is 24.8. The molecule has 228 valence electrons. The summed E-state index contributed by atoms with van der Waals surface area (Å²) in [5.41, 5.74) is 5.78. The second-order valence-corrected chi connectivity index (χ2v) is 9.87. The van der Waals surface area contributed by atoms with Gasteiger partial charge in [-0.1, -0.05) is 18.2 Å². The van der Waals surface area contributed by atoms with E-state index in [9.17, 15) is 25.0 Å². The van der Waals surface area contributed by atoms with Crippen molar-refractivity contribution in [2.24, 2.45) is 5.10 Å². The van der Waals surface area contributed by atoms with Crippen molar-refractivity contribution in [3.63, 3.8) is 0 Å². The number of carbonyl (C=O) groups excluding carboxylic acids is 1. The molecule has 3 aromatic carbocycles. The third-order valence-electron chi connectivity index (χ3n) is 6.73. The van der Waals surface area contributed by atoms with Gasteiger partial charge in [0, 0.05) is 40.8 Å². The number of furan rings is 1. The van der Waals surface area contributed by atoms with E-state index >= 15 is 0 Å². The predicted octanol–water partition coefficient (Wildman–Crippen LogP) is 6.43. The topological polar surface area (TPSA) is 164 Å². The summed E-state index contributed by atoms with van der Waals surface area (Å²) in [4.78, 5) is 34.2. The molecule has 0 bridgehead atoms. The van der Waals surface area contributed by atoms with Crippen LogP contribution in [0.25, 0.3) is 5.69 Å². The summed E-state index contributed by atoms with van der Waals surface area (Å²) in [5, 5.41) is 26.6. The Kier molecular flexibility index (Phi) is 8.99. The van der Waals surface area contributed by atoms with Gasteiger partial charge in [-0.05, 0) is 74.0 Å². The van der Waals surface area contributed by atoms with Crippen LogP contribution in [-0.2, 0) is 13.2 Å². The van der Waals surface area contributed by atoms with Crippen LogP contribution in [0.2, 0.25) is 0 Å². The van der Waals surface area contributed by atoms with Crippen molar-refractivity contribution < 1.29 is 28.5 Å². The average Bonchev–Trinajstić information content (AvgIpc) is 3.65. The zero-order chi connectivity index (χ0) is 31.9. The molecule has 0 radical (unpaired) electrons. The first-order valence-corrected chi connectivity index (χ1v) is 13.6. The number of carbonyl (C=O) groups is 1. The number of hydrogen-bond acceptors (Lipinski definition) is 9. The number of ether oxygens (including phenoxy) is 2. The van der Waals surface area contributed by atoms with Crippen LogP contribution in [0.4, 0.5) is 11.4 Å². The second-order valence-electron chi connectivity index (χ2n) is 9.87. The standard InChI is InChI=1S/C32H27N5O8/c1-21-9-10-22(2)35(21)25-11-13-27(14-12-25)43-20-28-15-16-30(45-28)32(38)34-33-18-24-6-4-8-29(37(41)42)31(24)44-19-23-5-3-7-26(17-23)36(39)40/h3-18H,19-20H2,1-2H3,(H,34,38)/b33-18+. The van der Waals surface area contributed by atoms with E-state index in [2.05, 4.69) is 27.2 Å². The van der Waals surface area contributed by atoms with Crippen LogP contribution in [-0.4, -0.2) is 26.5 Å². The maximum Gasteiger partial charge on any atom is 0.311 e. The van der Waals surface area contributed by atoms with Crippen molar-refractivity contribution in [2.75, 3.05) is 0 Å². The number of rotatable bonds is 12. The molecule has 0 saturated carbocycles. The molecule has 13 nitrogen and oxygen atoms in total. The molecule has 0 aliphatic carbocycles. The minimum Gasteiger partial charge on any atom is -0.486 e. The van der Waals surface area contributed by atoms with Gasteiger partial charge in [0.1, 0.15) is 24.7 Å². The van der Waals surface area contributed by atoms with E-state index in [1.807, 2.05) is 38.1 Å². The molecular weight excluding hydrogens is 582 g/mol. The smallest absolute Gasteiger partial charge is 0.311 e. The van der Waals surface area contributed by atoms with Crippen molar-refractivity contribution in [2.45, 2.75) is 27.1 Å². The summed E-state index contributed by atoms with van der Waals surface area (Å²) in [5.74, 6) is 0.273. The maximum atomic E-state index is 12.6. The monoisotopic (exact) mass is 609 g/mol.